The standard InChI is InChI=1S/C33H46N2O5S/c1-5-7-8-13-21-40-32(39)27-26-16-17-33(41-26)28(27)30(37)35(19-11-9-10-12-20-36)29(33)31(38)34(18-6-2)25-22-23(3)14-15-24(25)4/h5-6,14-15,22,26-29,36H,1-2,7-13,16-21H2,3-4H3/t26-,27+,28-,29?,33?/m0/s1. The Labute approximate surface area is 249 Å². The summed E-state index contributed by atoms with van der Waals surface area (Å²) in [4.78, 5) is 45.9. The second kappa shape index (κ2) is 14.1. The van der Waals surface area contributed by atoms with E-state index in [1.165, 1.54) is 0 Å². The van der Waals surface area contributed by atoms with Gasteiger partial charge in [0.1, 0.15) is 6.04 Å². The van der Waals surface area contributed by atoms with E-state index in [-0.39, 0.29) is 29.6 Å². The maximum Gasteiger partial charge on any atom is 0.310 e. The Morgan fingerprint density at radius 3 is 2.66 bits per heavy atom. The number of aryl methyl sites for hydroxylation is 2. The van der Waals surface area contributed by atoms with Gasteiger partial charge in [-0.2, -0.15) is 0 Å². The molecule has 2 amide bonds. The number of anilines is 1. The third kappa shape index (κ3) is 6.29. The van der Waals surface area contributed by atoms with Gasteiger partial charge in [-0.1, -0.05) is 37.1 Å². The lowest BCUT2D eigenvalue weighted by Gasteiger charge is -2.37. The number of carbonyl (C=O) groups excluding carboxylic acids is 3. The summed E-state index contributed by atoms with van der Waals surface area (Å²) in [6.07, 6.45) is 10.9. The van der Waals surface area contributed by atoms with E-state index >= 15 is 0 Å². The number of unbranched alkanes of at least 4 members (excludes halogenated alkanes) is 5. The number of hydrogen-bond acceptors (Lipinski definition) is 6. The highest BCUT2D eigenvalue weighted by atomic mass is 32.2. The van der Waals surface area contributed by atoms with Crippen molar-refractivity contribution in [1.29, 1.82) is 0 Å². The fourth-order valence-corrected chi connectivity index (χ4v) is 9.14. The summed E-state index contributed by atoms with van der Waals surface area (Å²) in [6.45, 7) is 13.0. The molecule has 0 saturated carbocycles. The van der Waals surface area contributed by atoms with E-state index in [9.17, 15) is 19.5 Å². The fourth-order valence-electron chi connectivity index (χ4n) is 6.94. The van der Waals surface area contributed by atoms with Gasteiger partial charge in [0.05, 0.1) is 23.2 Å². The molecule has 3 aliphatic rings. The Bertz CT molecular complexity index is 1140. The number of nitrogens with zero attached hydrogens (tertiary/aromatic N) is 2. The van der Waals surface area contributed by atoms with Crippen molar-refractivity contribution in [2.75, 3.05) is 31.2 Å². The molecule has 1 aromatic rings. The second-order valence-corrected chi connectivity index (χ2v) is 13.3. The van der Waals surface area contributed by atoms with Gasteiger partial charge in [0.15, 0.2) is 0 Å². The third-order valence-electron chi connectivity index (χ3n) is 8.89. The summed E-state index contributed by atoms with van der Waals surface area (Å²) in [6, 6.07) is 5.42. The van der Waals surface area contributed by atoms with Crippen molar-refractivity contribution in [3.8, 4) is 0 Å². The molecule has 3 saturated heterocycles. The van der Waals surface area contributed by atoms with E-state index in [0.29, 0.717) is 19.7 Å². The number of amides is 2. The Kier molecular flexibility index (Phi) is 10.8. The van der Waals surface area contributed by atoms with E-state index in [2.05, 4.69) is 13.2 Å². The van der Waals surface area contributed by atoms with Crippen molar-refractivity contribution in [2.24, 2.45) is 11.8 Å². The van der Waals surface area contributed by atoms with Crippen LogP contribution >= 0.6 is 11.8 Å². The summed E-state index contributed by atoms with van der Waals surface area (Å²) < 4.78 is 5.08. The van der Waals surface area contributed by atoms with Crippen molar-refractivity contribution in [3.05, 3.63) is 54.6 Å². The van der Waals surface area contributed by atoms with Gasteiger partial charge in [0.25, 0.3) is 5.91 Å². The van der Waals surface area contributed by atoms with Crippen LogP contribution in [0.2, 0.25) is 0 Å². The van der Waals surface area contributed by atoms with Gasteiger partial charge in [-0.3, -0.25) is 14.4 Å². The normalized spacial score (nSPS) is 26.2. The zero-order chi connectivity index (χ0) is 29.6. The molecule has 2 unspecified atom stereocenters. The quantitative estimate of drug-likeness (QED) is 0.160. The molecule has 5 atom stereocenters. The number of hydrogen-bond donors (Lipinski definition) is 1. The van der Waals surface area contributed by atoms with Gasteiger partial charge in [-0.15, -0.1) is 24.9 Å². The van der Waals surface area contributed by atoms with Crippen molar-refractivity contribution in [1.82, 2.24) is 4.90 Å². The van der Waals surface area contributed by atoms with Gasteiger partial charge >= 0.3 is 5.97 Å². The zero-order valence-electron chi connectivity index (χ0n) is 24.7. The van der Waals surface area contributed by atoms with Crippen LogP contribution in [0.4, 0.5) is 5.69 Å². The maximum absolute atomic E-state index is 14.7. The minimum absolute atomic E-state index is 0.0137. The Morgan fingerprint density at radius 2 is 1.93 bits per heavy atom. The topological polar surface area (TPSA) is 87.2 Å². The number of rotatable bonds is 16. The number of carbonyl (C=O) groups is 3. The monoisotopic (exact) mass is 582 g/mol. The number of thioether (sulfide) groups is 1. The molecule has 1 spiro atoms. The first kappa shape index (κ1) is 31.4. The molecule has 41 heavy (non-hydrogen) atoms. The summed E-state index contributed by atoms with van der Waals surface area (Å²) >= 11 is 1.68. The van der Waals surface area contributed by atoms with Crippen molar-refractivity contribution in [2.45, 2.75) is 87.7 Å². The summed E-state index contributed by atoms with van der Waals surface area (Å²) in [5.41, 5.74) is 2.87. The average molecular weight is 583 g/mol. The average Bonchev–Trinajstić information content (AvgIpc) is 3.60. The molecular weight excluding hydrogens is 536 g/mol. The number of aliphatic hydroxyl groups is 1. The lowest BCUT2D eigenvalue weighted by Crippen LogP contribution is -2.55. The number of aliphatic hydroxyl groups excluding tert-OH is 1. The van der Waals surface area contributed by atoms with Crippen LogP contribution in [0.3, 0.4) is 0 Å². The van der Waals surface area contributed by atoms with E-state index in [0.717, 1.165) is 74.6 Å². The number of ether oxygens (including phenoxy) is 1. The number of allylic oxidation sites excluding steroid dienone is 1. The summed E-state index contributed by atoms with van der Waals surface area (Å²) in [5, 5.41) is 9.17. The van der Waals surface area contributed by atoms with Crippen LogP contribution in [-0.2, 0) is 19.1 Å². The maximum atomic E-state index is 14.7. The first-order valence-corrected chi connectivity index (χ1v) is 16.0. The van der Waals surface area contributed by atoms with E-state index < -0.39 is 22.6 Å². The molecule has 7 nitrogen and oxygen atoms in total. The van der Waals surface area contributed by atoms with Gasteiger partial charge in [-0.05, 0) is 76.0 Å². The van der Waals surface area contributed by atoms with Crippen molar-refractivity contribution in [3.63, 3.8) is 0 Å². The molecule has 8 heteroatoms. The Balaban J connectivity index is 1.65. The number of fused-ring (bicyclic) bond motifs is 1. The number of benzene rings is 1. The smallest absolute Gasteiger partial charge is 0.310 e. The molecule has 3 aliphatic heterocycles. The van der Waals surface area contributed by atoms with Crippen molar-refractivity contribution >= 4 is 35.2 Å². The van der Waals surface area contributed by atoms with Gasteiger partial charge < -0.3 is 19.6 Å². The lowest BCUT2D eigenvalue weighted by atomic mass is 9.71. The third-order valence-corrected chi connectivity index (χ3v) is 10.8. The molecule has 0 aromatic heterocycles. The number of likely N-dealkylation sites (tertiary alicyclic amines) is 1. The number of esters is 1. The summed E-state index contributed by atoms with van der Waals surface area (Å²) in [7, 11) is 0. The minimum atomic E-state index is -0.655. The fraction of sp³-hybridized carbons (Fsp3) is 0.606. The Hall–Kier alpha value is -2.58. The highest BCUT2D eigenvalue weighted by Gasteiger charge is 2.74. The molecule has 1 aromatic carbocycles. The molecule has 2 bridgehead atoms. The molecule has 3 fully saturated rings. The van der Waals surface area contributed by atoms with E-state index in [1.807, 2.05) is 38.1 Å². The van der Waals surface area contributed by atoms with Crippen LogP contribution in [0.5, 0.6) is 0 Å². The molecule has 0 aliphatic carbocycles. The molecule has 224 valence electrons. The zero-order valence-corrected chi connectivity index (χ0v) is 25.5. The van der Waals surface area contributed by atoms with Gasteiger partial charge in [0, 0.05) is 30.6 Å². The van der Waals surface area contributed by atoms with Crippen molar-refractivity contribution < 1.29 is 24.2 Å². The van der Waals surface area contributed by atoms with Crippen LogP contribution in [0.25, 0.3) is 0 Å². The molecular formula is C33H46N2O5S. The molecule has 3 heterocycles. The first-order valence-electron chi connectivity index (χ1n) is 15.2. The van der Waals surface area contributed by atoms with Gasteiger partial charge in [0.2, 0.25) is 5.91 Å². The second-order valence-electron chi connectivity index (χ2n) is 11.7. The first-order chi connectivity index (χ1) is 19.8. The van der Waals surface area contributed by atoms with Gasteiger partial charge in [-0.25, -0.2) is 0 Å². The molecule has 4 rings (SSSR count). The van der Waals surface area contributed by atoms with Crippen LogP contribution in [-0.4, -0.2) is 70.1 Å². The summed E-state index contributed by atoms with van der Waals surface area (Å²) in [5.74, 6) is -1.56. The minimum Gasteiger partial charge on any atom is -0.465 e. The largest absolute Gasteiger partial charge is 0.465 e. The Morgan fingerprint density at radius 1 is 1.15 bits per heavy atom. The lowest BCUT2D eigenvalue weighted by molar-refractivity contribution is -0.154. The molecule has 1 N–H and O–H groups in total. The van der Waals surface area contributed by atoms with Crippen LogP contribution < -0.4 is 4.90 Å². The van der Waals surface area contributed by atoms with E-state index in [1.54, 1.807) is 27.6 Å². The van der Waals surface area contributed by atoms with Crippen LogP contribution in [0, 0.1) is 25.7 Å². The molecule has 0 radical (unpaired) electrons. The van der Waals surface area contributed by atoms with Crippen LogP contribution in [0.1, 0.15) is 68.9 Å². The highest BCUT2D eigenvalue weighted by molar-refractivity contribution is 8.02. The SMILES string of the molecule is C=CCCCCOC(=O)[C@@H]1[C@@H]2CCC3(S2)C(C(=O)N(CC=C)c2cc(C)ccc2C)N(CCCCCCO)C(=O)[C@H]13. The predicted molar refractivity (Wildman–Crippen MR) is 165 cm³/mol. The van der Waals surface area contributed by atoms with Crippen LogP contribution in [0.15, 0.2) is 43.5 Å². The highest BCUT2D eigenvalue weighted by Crippen LogP contribution is 2.66. The predicted octanol–water partition coefficient (Wildman–Crippen LogP) is 5.37. The van der Waals surface area contributed by atoms with E-state index in [4.69, 9.17) is 4.74 Å².